The summed E-state index contributed by atoms with van der Waals surface area (Å²) in [5.41, 5.74) is 1.64. The van der Waals surface area contributed by atoms with Crippen molar-refractivity contribution in [1.29, 1.82) is 0 Å². The molecule has 0 radical (unpaired) electrons. The Kier molecular flexibility index (Phi) is 6.52. The summed E-state index contributed by atoms with van der Waals surface area (Å²) in [5, 5.41) is 10.7. The first-order valence-electron chi connectivity index (χ1n) is 9.63. The molecule has 3 rings (SSSR count). The summed E-state index contributed by atoms with van der Waals surface area (Å²) in [4.78, 5) is 1.60. The van der Waals surface area contributed by atoms with E-state index in [-0.39, 0.29) is 11.4 Å². The van der Waals surface area contributed by atoms with Gasteiger partial charge in [-0.05, 0) is 50.5 Å². The van der Waals surface area contributed by atoms with Crippen molar-refractivity contribution in [2.45, 2.75) is 37.2 Å². The van der Waals surface area contributed by atoms with Crippen LogP contribution < -0.4 is 9.21 Å². The Morgan fingerprint density at radius 1 is 1.00 bits per heavy atom. The van der Waals surface area contributed by atoms with Crippen LogP contribution >= 0.6 is 0 Å². The Morgan fingerprint density at radius 3 is 2.26 bits per heavy atom. The fraction of sp³-hybridized carbons (Fsp3) is 0.429. The number of aliphatic hydroxyl groups excluding tert-OH is 1. The van der Waals surface area contributed by atoms with Crippen molar-refractivity contribution in [3.8, 4) is 0 Å². The lowest BCUT2D eigenvalue weighted by Crippen LogP contribution is -3.14. The van der Waals surface area contributed by atoms with Crippen LogP contribution in [0.4, 0.5) is 5.69 Å². The van der Waals surface area contributed by atoms with E-state index >= 15 is 0 Å². The quantitative estimate of drug-likeness (QED) is 0.757. The average Bonchev–Trinajstić information content (AvgIpc) is 2.68. The lowest BCUT2D eigenvalue weighted by atomic mass is 10.1. The summed E-state index contributed by atoms with van der Waals surface area (Å²) in [7, 11) is -3.74. The molecular weight excluding hydrogens is 360 g/mol. The van der Waals surface area contributed by atoms with Gasteiger partial charge < -0.3 is 10.0 Å². The molecule has 0 unspecified atom stereocenters. The normalized spacial score (nSPS) is 16.8. The Labute approximate surface area is 162 Å². The number of hydrogen-bond donors (Lipinski definition) is 2. The molecule has 0 aromatic heterocycles. The third-order valence-electron chi connectivity index (χ3n) is 5.11. The molecule has 5 nitrogen and oxygen atoms in total. The van der Waals surface area contributed by atoms with E-state index in [4.69, 9.17) is 0 Å². The number of benzene rings is 2. The molecular formula is C21H29N2O3S+. The van der Waals surface area contributed by atoms with Gasteiger partial charge in [0, 0.05) is 0 Å². The second kappa shape index (κ2) is 8.87. The summed E-state index contributed by atoms with van der Waals surface area (Å²) in [6.07, 6.45) is 2.88. The van der Waals surface area contributed by atoms with Gasteiger partial charge in [-0.15, -0.1) is 0 Å². The molecule has 6 heteroatoms. The van der Waals surface area contributed by atoms with Crippen molar-refractivity contribution >= 4 is 15.7 Å². The van der Waals surface area contributed by atoms with Gasteiger partial charge in [-0.2, -0.15) is 0 Å². The van der Waals surface area contributed by atoms with Gasteiger partial charge >= 0.3 is 0 Å². The van der Waals surface area contributed by atoms with Crippen LogP contribution in [-0.4, -0.2) is 45.8 Å². The molecule has 27 heavy (non-hydrogen) atoms. The van der Waals surface area contributed by atoms with Gasteiger partial charge in [0.05, 0.1) is 30.2 Å². The van der Waals surface area contributed by atoms with Crippen molar-refractivity contribution in [3.05, 3.63) is 60.2 Å². The zero-order chi connectivity index (χ0) is 19.3. The summed E-state index contributed by atoms with van der Waals surface area (Å²) in [6.45, 7) is 4.70. The number of aryl methyl sites for hydroxylation is 1. The molecule has 2 aromatic rings. The first-order valence-corrected chi connectivity index (χ1v) is 11.1. The highest BCUT2D eigenvalue weighted by Crippen LogP contribution is 2.24. The van der Waals surface area contributed by atoms with Crippen LogP contribution in [0.1, 0.15) is 24.8 Å². The Morgan fingerprint density at radius 2 is 1.63 bits per heavy atom. The van der Waals surface area contributed by atoms with E-state index in [0.717, 1.165) is 18.7 Å². The molecule has 0 spiro atoms. The maximum atomic E-state index is 13.3. The molecule has 2 aromatic carbocycles. The van der Waals surface area contributed by atoms with Crippen LogP contribution in [-0.2, 0) is 10.0 Å². The average molecular weight is 390 g/mol. The Balaban J connectivity index is 1.84. The number of aliphatic hydroxyl groups is 1. The third kappa shape index (κ3) is 5.09. The molecule has 1 aliphatic heterocycles. The largest absolute Gasteiger partial charge is 0.385 e. The third-order valence-corrected chi connectivity index (χ3v) is 6.92. The second-order valence-electron chi connectivity index (χ2n) is 7.35. The number of hydrogen-bond acceptors (Lipinski definition) is 3. The Hall–Kier alpha value is -1.89. The lowest BCUT2D eigenvalue weighted by Gasteiger charge is -2.30. The minimum absolute atomic E-state index is 0.0593. The van der Waals surface area contributed by atoms with Gasteiger partial charge in [-0.25, -0.2) is 8.42 Å². The van der Waals surface area contributed by atoms with Crippen LogP contribution in [0.25, 0.3) is 0 Å². The Bertz CT molecular complexity index is 816. The van der Waals surface area contributed by atoms with Crippen LogP contribution in [0.15, 0.2) is 59.5 Å². The first-order chi connectivity index (χ1) is 13.0. The molecule has 1 fully saturated rings. The first kappa shape index (κ1) is 19.9. The molecule has 0 aliphatic carbocycles. The molecule has 0 bridgehead atoms. The second-order valence-corrected chi connectivity index (χ2v) is 9.22. The number of sulfonamides is 1. The van der Waals surface area contributed by atoms with Crippen LogP contribution in [0, 0.1) is 6.92 Å². The maximum Gasteiger partial charge on any atom is 0.264 e. The van der Waals surface area contributed by atoms with Crippen molar-refractivity contribution in [2.75, 3.05) is 30.5 Å². The minimum atomic E-state index is -3.74. The van der Waals surface area contributed by atoms with Gasteiger partial charge in [0.25, 0.3) is 10.0 Å². The predicted octanol–water partition coefficient (Wildman–Crippen LogP) is 1.62. The number of nitrogens with one attached hydrogen (secondary N) is 1. The lowest BCUT2D eigenvalue weighted by molar-refractivity contribution is -0.907. The highest BCUT2D eigenvalue weighted by atomic mass is 32.2. The van der Waals surface area contributed by atoms with E-state index in [9.17, 15) is 13.5 Å². The monoisotopic (exact) mass is 389 g/mol. The molecule has 2 N–H and O–H groups in total. The zero-order valence-electron chi connectivity index (χ0n) is 15.8. The van der Waals surface area contributed by atoms with E-state index in [1.54, 1.807) is 42.5 Å². The van der Waals surface area contributed by atoms with Crippen molar-refractivity contribution in [1.82, 2.24) is 0 Å². The van der Waals surface area contributed by atoms with Gasteiger partial charge in [0.2, 0.25) is 0 Å². The fourth-order valence-electron chi connectivity index (χ4n) is 3.62. The summed E-state index contributed by atoms with van der Waals surface area (Å²) in [6, 6.07) is 15.8. The summed E-state index contributed by atoms with van der Waals surface area (Å²) < 4.78 is 27.8. The SMILES string of the molecule is Cc1ccc(N(C[C@H](O)C[NH+]2CCCCC2)S(=O)(=O)c2ccccc2)cc1. The maximum absolute atomic E-state index is 13.3. The topological polar surface area (TPSA) is 62.1 Å². The number of rotatable bonds is 7. The standard InChI is InChI=1S/C21H28N2O3S/c1-18-10-12-19(13-11-18)23(27(25,26)21-8-4-2-5-9-21)17-20(24)16-22-14-6-3-7-15-22/h2,4-5,8-13,20,24H,3,6-7,14-17H2,1H3/p+1/t20-/m1/s1. The van der Waals surface area contributed by atoms with Crippen LogP contribution in [0.3, 0.4) is 0 Å². The zero-order valence-corrected chi connectivity index (χ0v) is 16.7. The van der Waals surface area contributed by atoms with Crippen molar-refractivity contribution < 1.29 is 18.4 Å². The smallest absolute Gasteiger partial charge is 0.264 e. The molecule has 146 valence electrons. The molecule has 0 saturated carbocycles. The van der Waals surface area contributed by atoms with Crippen molar-refractivity contribution in [2.24, 2.45) is 0 Å². The molecule has 1 aliphatic rings. The fourth-order valence-corrected chi connectivity index (χ4v) is 5.14. The highest BCUT2D eigenvalue weighted by Gasteiger charge is 2.29. The number of likely N-dealkylation sites (tertiary alicyclic amines) is 1. The molecule has 1 atom stereocenters. The van der Waals surface area contributed by atoms with E-state index in [1.807, 2.05) is 19.1 Å². The van der Waals surface area contributed by atoms with Crippen LogP contribution in [0.5, 0.6) is 0 Å². The van der Waals surface area contributed by atoms with E-state index < -0.39 is 16.1 Å². The van der Waals surface area contributed by atoms with Gasteiger partial charge in [-0.3, -0.25) is 4.31 Å². The minimum Gasteiger partial charge on any atom is -0.385 e. The van der Waals surface area contributed by atoms with Crippen LogP contribution in [0.2, 0.25) is 0 Å². The number of quaternary nitrogens is 1. The van der Waals surface area contributed by atoms with E-state index in [2.05, 4.69) is 0 Å². The van der Waals surface area contributed by atoms with E-state index in [0.29, 0.717) is 12.2 Å². The highest BCUT2D eigenvalue weighted by molar-refractivity contribution is 7.92. The summed E-state index contributed by atoms with van der Waals surface area (Å²) >= 11 is 0. The summed E-state index contributed by atoms with van der Waals surface area (Å²) in [5.74, 6) is 0. The van der Waals surface area contributed by atoms with Gasteiger partial charge in [0.15, 0.2) is 0 Å². The van der Waals surface area contributed by atoms with Gasteiger partial charge in [0.1, 0.15) is 12.6 Å². The molecule has 1 heterocycles. The number of anilines is 1. The van der Waals surface area contributed by atoms with E-state index in [1.165, 1.54) is 28.5 Å². The molecule has 1 saturated heterocycles. The van der Waals surface area contributed by atoms with Crippen molar-refractivity contribution in [3.63, 3.8) is 0 Å². The molecule has 0 amide bonds. The number of nitrogens with zero attached hydrogens (tertiary/aromatic N) is 1. The number of piperidine rings is 1. The van der Waals surface area contributed by atoms with Gasteiger partial charge in [-0.1, -0.05) is 35.9 Å². The predicted molar refractivity (Wildman–Crippen MR) is 108 cm³/mol.